The molecule has 0 radical (unpaired) electrons. The van der Waals surface area contributed by atoms with Gasteiger partial charge in [0.1, 0.15) is 7.85 Å². The second-order valence-electron chi connectivity index (χ2n) is 5.44. The summed E-state index contributed by atoms with van der Waals surface area (Å²) < 4.78 is 0. The summed E-state index contributed by atoms with van der Waals surface area (Å²) >= 11 is 0. The lowest BCUT2D eigenvalue weighted by Crippen LogP contribution is -2.58. The molecule has 3 heteroatoms. The number of allylic oxidation sites excluding steroid dienone is 1. The van der Waals surface area contributed by atoms with Crippen LogP contribution in [0.1, 0.15) is 33.6 Å². The molecule has 0 aromatic rings. The first-order valence-electron chi connectivity index (χ1n) is 5.94. The lowest BCUT2D eigenvalue weighted by molar-refractivity contribution is -0.143. The molecular formula is C12H20BNO. The minimum Gasteiger partial charge on any atom is -0.340 e. The molecule has 0 N–H and O–H groups in total. The standard InChI is InChI=1S/C12H20BNO/c1-4-10-6-12(13)9(3)5-8(2)11(15)14(12)7-10/h4,8-9H,5-7,13H2,1-3H3/b10-4-. The highest BCUT2D eigenvalue weighted by atomic mass is 16.2. The van der Waals surface area contributed by atoms with Crippen LogP contribution >= 0.6 is 0 Å². The van der Waals surface area contributed by atoms with Gasteiger partial charge in [0.05, 0.1) is 0 Å². The van der Waals surface area contributed by atoms with Crippen molar-refractivity contribution in [3.8, 4) is 0 Å². The molecule has 2 heterocycles. The zero-order chi connectivity index (χ0) is 11.2. The summed E-state index contributed by atoms with van der Waals surface area (Å²) in [7, 11) is 2.25. The van der Waals surface area contributed by atoms with Crippen LogP contribution in [-0.2, 0) is 4.79 Å². The van der Waals surface area contributed by atoms with Crippen LogP contribution in [0.3, 0.4) is 0 Å². The number of carbonyl (C=O) groups excluding carboxylic acids is 1. The third kappa shape index (κ3) is 1.44. The lowest BCUT2D eigenvalue weighted by atomic mass is 9.62. The maximum atomic E-state index is 12.1. The Balaban J connectivity index is 2.34. The molecule has 3 unspecified atom stereocenters. The van der Waals surface area contributed by atoms with E-state index in [0.717, 1.165) is 19.4 Å². The van der Waals surface area contributed by atoms with Crippen LogP contribution in [0.15, 0.2) is 11.6 Å². The van der Waals surface area contributed by atoms with Crippen molar-refractivity contribution in [2.24, 2.45) is 11.8 Å². The first-order valence-corrected chi connectivity index (χ1v) is 5.94. The monoisotopic (exact) mass is 205 g/mol. The maximum Gasteiger partial charge on any atom is 0.225 e. The van der Waals surface area contributed by atoms with E-state index in [1.165, 1.54) is 5.57 Å². The smallest absolute Gasteiger partial charge is 0.225 e. The second kappa shape index (κ2) is 3.39. The number of carbonyl (C=O) groups is 1. The quantitative estimate of drug-likeness (QED) is 0.429. The van der Waals surface area contributed by atoms with Crippen LogP contribution < -0.4 is 0 Å². The SMILES string of the molecule is BC12C/C(=C/C)CN1C(=O)C(C)CC2C. The molecule has 2 rings (SSSR count). The Kier molecular flexibility index (Phi) is 2.44. The molecule has 0 bridgehead atoms. The molecule has 15 heavy (non-hydrogen) atoms. The lowest BCUT2D eigenvalue weighted by Gasteiger charge is -2.46. The highest BCUT2D eigenvalue weighted by molar-refractivity contribution is 6.18. The zero-order valence-corrected chi connectivity index (χ0v) is 10.2. The number of hydrogen-bond acceptors (Lipinski definition) is 1. The van der Waals surface area contributed by atoms with Gasteiger partial charge in [0.2, 0.25) is 5.91 Å². The number of nitrogens with zero attached hydrogens (tertiary/aromatic N) is 1. The van der Waals surface area contributed by atoms with Gasteiger partial charge >= 0.3 is 0 Å². The predicted molar refractivity (Wildman–Crippen MR) is 64.3 cm³/mol. The first kappa shape index (κ1) is 10.8. The summed E-state index contributed by atoms with van der Waals surface area (Å²) in [6.07, 6.45) is 4.29. The van der Waals surface area contributed by atoms with Crippen LogP contribution in [-0.4, -0.2) is 30.6 Å². The van der Waals surface area contributed by atoms with E-state index in [1.807, 2.05) is 0 Å². The number of amides is 1. The molecule has 82 valence electrons. The molecule has 2 aliphatic rings. The molecule has 3 atom stereocenters. The van der Waals surface area contributed by atoms with Gasteiger partial charge in [0.15, 0.2) is 0 Å². The van der Waals surface area contributed by atoms with Gasteiger partial charge in [-0.1, -0.05) is 25.5 Å². The Labute approximate surface area is 93.1 Å². The Bertz CT molecular complexity index is 326. The van der Waals surface area contributed by atoms with Crippen molar-refractivity contribution < 1.29 is 4.79 Å². The van der Waals surface area contributed by atoms with Crippen LogP contribution in [0.2, 0.25) is 0 Å². The maximum absolute atomic E-state index is 12.1. The summed E-state index contributed by atoms with van der Waals surface area (Å²) in [6.45, 7) is 7.29. The number of piperidine rings is 1. The largest absolute Gasteiger partial charge is 0.340 e. The minimum absolute atomic E-state index is 0.0887. The van der Waals surface area contributed by atoms with Gasteiger partial charge in [-0.25, -0.2) is 0 Å². The summed E-state index contributed by atoms with van der Waals surface area (Å²) in [6, 6.07) is 0. The summed E-state index contributed by atoms with van der Waals surface area (Å²) in [5.74, 6) is 1.18. The molecule has 0 aromatic heterocycles. The van der Waals surface area contributed by atoms with Crippen molar-refractivity contribution >= 4 is 13.8 Å². The second-order valence-corrected chi connectivity index (χ2v) is 5.44. The molecule has 2 saturated heterocycles. The van der Waals surface area contributed by atoms with Gasteiger partial charge < -0.3 is 4.90 Å². The van der Waals surface area contributed by atoms with E-state index >= 15 is 0 Å². The molecule has 0 saturated carbocycles. The van der Waals surface area contributed by atoms with Crippen molar-refractivity contribution in [1.82, 2.24) is 4.90 Å². The van der Waals surface area contributed by atoms with E-state index < -0.39 is 0 Å². The molecule has 1 amide bonds. The van der Waals surface area contributed by atoms with Crippen molar-refractivity contribution in [2.75, 3.05) is 6.54 Å². The van der Waals surface area contributed by atoms with Crippen molar-refractivity contribution in [3.05, 3.63) is 11.6 Å². The van der Waals surface area contributed by atoms with E-state index in [4.69, 9.17) is 0 Å². The Hall–Kier alpha value is -0.725. The van der Waals surface area contributed by atoms with Crippen molar-refractivity contribution in [1.29, 1.82) is 0 Å². The molecule has 0 aromatic carbocycles. The van der Waals surface area contributed by atoms with Crippen LogP contribution in [0, 0.1) is 11.8 Å². The van der Waals surface area contributed by atoms with E-state index in [2.05, 4.69) is 39.6 Å². The van der Waals surface area contributed by atoms with Gasteiger partial charge in [-0.05, 0) is 25.7 Å². The fourth-order valence-corrected chi connectivity index (χ4v) is 3.11. The van der Waals surface area contributed by atoms with Gasteiger partial charge in [0, 0.05) is 17.9 Å². The first-order chi connectivity index (χ1) is 6.99. The summed E-state index contributed by atoms with van der Waals surface area (Å²) in [5.41, 5.74) is 1.51. The number of fused-ring (bicyclic) bond motifs is 1. The molecule has 2 aliphatic heterocycles. The van der Waals surface area contributed by atoms with E-state index in [-0.39, 0.29) is 11.4 Å². The molecule has 0 aliphatic carbocycles. The minimum atomic E-state index is 0.0887. The average molecular weight is 205 g/mol. The molecular weight excluding hydrogens is 185 g/mol. The predicted octanol–water partition coefficient (Wildman–Crippen LogP) is 1.17. The fraction of sp³-hybridized carbons (Fsp3) is 0.750. The molecule has 0 spiro atoms. The number of rotatable bonds is 0. The van der Waals surface area contributed by atoms with Gasteiger partial charge in [-0.2, -0.15) is 0 Å². The van der Waals surface area contributed by atoms with Crippen LogP contribution in [0.4, 0.5) is 0 Å². The topological polar surface area (TPSA) is 20.3 Å². The Morgan fingerprint density at radius 3 is 2.80 bits per heavy atom. The summed E-state index contributed by atoms with van der Waals surface area (Å²) in [5, 5.41) is 0. The average Bonchev–Trinajstić information content (AvgIpc) is 2.55. The Morgan fingerprint density at radius 2 is 2.20 bits per heavy atom. The summed E-state index contributed by atoms with van der Waals surface area (Å²) in [4.78, 5) is 14.2. The fourth-order valence-electron chi connectivity index (χ4n) is 3.11. The molecule has 2 nitrogen and oxygen atoms in total. The number of hydrogen-bond donors (Lipinski definition) is 0. The third-order valence-electron chi connectivity index (χ3n) is 4.43. The van der Waals surface area contributed by atoms with Crippen LogP contribution in [0.5, 0.6) is 0 Å². The third-order valence-corrected chi connectivity index (χ3v) is 4.43. The Morgan fingerprint density at radius 1 is 1.53 bits per heavy atom. The van der Waals surface area contributed by atoms with Gasteiger partial charge in [0.25, 0.3) is 0 Å². The van der Waals surface area contributed by atoms with E-state index in [0.29, 0.717) is 11.8 Å². The van der Waals surface area contributed by atoms with Gasteiger partial charge in [-0.3, -0.25) is 4.79 Å². The normalized spacial score (nSPS) is 43.5. The zero-order valence-electron chi connectivity index (χ0n) is 10.2. The highest BCUT2D eigenvalue weighted by Gasteiger charge is 2.49. The molecule has 2 fully saturated rings. The van der Waals surface area contributed by atoms with E-state index in [1.54, 1.807) is 0 Å². The van der Waals surface area contributed by atoms with Crippen molar-refractivity contribution in [3.63, 3.8) is 0 Å². The van der Waals surface area contributed by atoms with Gasteiger partial charge in [-0.15, -0.1) is 0 Å². The van der Waals surface area contributed by atoms with Crippen LogP contribution in [0.25, 0.3) is 0 Å². The highest BCUT2D eigenvalue weighted by Crippen LogP contribution is 2.43. The van der Waals surface area contributed by atoms with Crippen molar-refractivity contribution in [2.45, 2.75) is 39.1 Å². The van der Waals surface area contributed by atoms with E-state index in [9.17, 15) is 4.79 Å².